The van der Waals surface area contributed by atoms with Crippen molar-refractivity contribution in [3.8, 4) is 5.75 Å². The molecular weight excluding hydrogens is 306 g/mol. The lowest BCUT2D eigenvalue weighted by Crippen LogP contribution is -2.36. The maximum atomic E-state index is 10.3. The van der Waals surface area contributed by atoms with Gasteiger partial charge in [0, 0.05) is 24.7 Å². The Morgan fingerprint density at radius 3 is 2.79 bits per heavy atom. The van der Waals surface area contributed by atoms with Gasteiger partial charge in [-0.1, -0.05) is 18.2 Å². The second-order valence-corrected chi connectivity index (χ2v) is 6.22. The molecule has 0 bridgehead atoms. The Kier molecular flexibility index (Phi) is 5.91. The van der Waals surface area contributed by atoms with Crippen molar-refractivity contribution in [2.45, 2.75) is 38.1 Å². The summed E-state index contributed by atoms with van der Waals surface area (Å²) in [6.07, 6.45) is 3.48. The van der Waals surface area contributed by atoms with Gasteiger partial charge in [0.05, 0.1) is 26.1 Å². The summed E-state index contributed by atoms with van der Waals surface area (Å²) in [4.78, 5) is 2.32. The molecule has 2 aromatic rings. The summed E-state index contributed by atoms with van der Waals surface area (Å²) >= 11 is 0. The molecule has 1 atom stereocenters. The molecule has 1 aromatic carbocycles. The van der Waals surface area contributed by atoms with Crippen LogP contribution in [-0.2, 0) is 17.9 Å². The van der Waals surface area contributed by atoms with Crippen LogP contribution in [0.25, 0.3) is 0 Å². The van der Waals surface area contributed by atoms with Gasteiger partial charge in [0.1, 0.15) is 18.1 Å². The first kappa shape index (κ1) is 17.0. The Morgan fingerprint density at radius 1 is 1.25 bits per heavy atom. The number of hydrogen-bond donors (Lipinski definition) is 1. The zero-order valence-electron chi connectivity index (χ0n) is 14.1. The SMILES string of the molecule is COc1ccccc1CN(CC(O)COCc1ccco1)C1CC1. The maximum absolute atomic E-state index is 10.3. The summed E-state index contributed by atoms with van der Waals surface area (Å²) in [5, 5.41) is 10.3. The van der Waals surface area contributed by atoms with E-state index in [1.54, 1.807) is 13.4 Å². The molecule has 24 heavy (non-hydrogen) atoms. The van der Waals surface area contributed by atoms with Crippen LogP contribution < -0.4 is 4.74 Å². The van der Waals surface area contributed by atoms with Crippen LogP contribution in [0, 0.1) is 0 Å². The molecule has 5 nitrogen and oxygen atoms in total. The van der Waals surface area contributed by atoms with Gasteiger partial charge in [-0.05, 0) is 31.0 Å². The van der Waals surface area contributed by atoms with Crippen molar-refractivity contribution in [1.29, 1.82) is 0 Å². The number of aliphatic hydroxyl groups is 1. The Labute approximate surface area is 142 Å². The largest absolute Gasteiger partial charge is 0.496 e. The molecule has 3 rings (SSSR count). The standard InChI is InChI=1S/C19H25NO4/c1-22-19-7-3-2-5-15(19)11-20(16-8-9-16)12-17(21)13-23-14-18-6-4-10-24-18/h2-7,10,16-17,21H,8-9,11-14H2,1H3. The fraction of sp³-hybridized carbons (Fsp3) is 0.474. The molecule has 0 amide bonds. The highest BCUT2D eigenvalue weighted by Crippen LogP contribution is 2.30. The molecule has 0 radical (unpaired) electrons. The zero-order valence-corrected chi connectivity index (χ0v) is 14.1. The van der Waals surface area contributed by atoms with Gasteiger partial charge in [0.2, 0.25) is 0 Å². The van der Waals surface area contributed by atoms with Gasteiger partial charge in [0.25, 0.3) is 0 Å². The molecule has 130 valence electrons. The smallest absolute Gasteiger partial charge is 0.129 e. The van der Waals surface area contributed by atoms with E-state index < -0.39 is 6.10 Å². The van der Waals surface area contributed by atoms with E-state index in [1.165, 1.54) is 12.8 Å². The summed E-state index contributed by atoms with van der Waals surface area (Å²) in [5.41, 5.74) is 1.15. The molecule has 0 spiro atoms. The van der Waals surface area contributed by atoms with E-state index in [1.807, 2.05) is 30.3 Å². The van der Waals surface area contributed by atoms with Crippen molar-refractivity contribution in [2.75, 3.05) is 20.3 Å². The number of hydrogen-bond acceptors (Lipinski definition) is 5. The number of rotatable bonds is 10. The first-order chi connectivity index (χ1) is 11.8. The van der Waals surface area contributed by atoms with Crippen molar-refractivity contribution in [3.63, 3.8) is 0 Å². The molecule has 1 aromatic heterocycles. The third-order valence-electron chi connectivity index (χ3n) is 4.21. The molecule has 0 aliphatic heterocycles. The predicted octanol–water partition coefficient (Wildman–Crippen LogP) is 2.83. The molecule has 1 fully saturated rings. The van der Waals surface area contributed by atoms with Crippen LogP contribution in [0.15, 0.2) is 47.1 Å². The Hall–Kier alpha value is -1.82. The van der Waals surface area contributed by atoms with Gasteiger partial charge in [-0.2, -0.15) is 0 Å². The summed E-state index contributed by atoms with van der Waals surface area (Å²) in [5.74, 6) is 1.67. The molecule has 5 heteroatoms. The minimum atomic E-state index is -0.518. The number of furan rings is 1. The van der Waals surface area contributed by atoms with Gasteiger partial charge in [-0.3, -0.25) is 4.90 Å². The molecule has 1 N–H and O–H groups in total. The topological polar surface area (TPSA) is 55.1 Å². The monoisotopic (exact) mass is 331 g/mol. The Balaban J connectivity index is 1.50. The molecule has 1 heterocycles. The predicted molar refractivity (Wildman–Crippen MR) is 90.8 cm³/mol. The summed E-state index contributed by atoms with van der Waals surface area (Å²) < 4.78 is 16.2. The van der Waals surface area contributed by atoms with Gasteiger partial charge in [-0.15, -0.1) is 0 Å². The van der Waals surface area contributed by atoms with Crippen molar-refractivity contribution < 1.29 is 19.0 Å². The van der Waals surface area contributed by atoms with Crippen LogP contribution in [0.1, 0.15) is 24.2 Å². The first-order valence-electron chi connectivity index (χ1n) is 8.40. The quantitative estimate of drug-likeness (QED) is 0.725. The maximum Gasteiger partial charge on any atom is 0.129 e. The van der Waals surface area contributed by atoms with Crippen LogP contribution in [0.3, 0.4) is 0 Å². The molecule has 1 saturated carbocycles. The molecule has 0 saturated heterocycles. The van der Waals surface area contributed by atoms with E-state index in [-0.39, 0.29) is 0 Å². The summed E-state index contributed by atoms with van der Waals surface area (Å²) in [7, 11) is 1.69. The lowest BCUT2D eigenvalue weighted by molar-refractivity contribution is 0.00237. The van der Waals surface area contributed by atoms with Crippen LogP contribution in [0.2, 0.25) is 0 Å². The number of aliphatic hydroxyl groups excluding tert-OH is 1. The van der Waals surface area contributed by atoms with Crippen molar-refractivity contribution >= 4 is 0 Å². The van der Waals surface area contributed by atoms with Crippen LogP contribution in [0.4, 0.5) is 0 Å². The van der Waals surface area contributed by atoms with E-state index in [0.717, 1.165) is 23.6 Å². The van der Waals surface area contributed by atoms with E-state index in [0.29, 0.717) is 25.8 Å². The number of methoxy groups -OCH3 is 1. The van der Waals surface area contributed by atoms with Gasteiger partial charge < -0.3 is 19.0 Å². The summed E-state index contributed by atoms with van der Waals surface area (Å²) in [6, 6.07) is 12.3. The third kappa shape index (κ3) is 4.84. The van der Waals surface area contributed by atoms with E-state index in [4.69, 9.17) is 13.9 Å². The average Bonchev–Trinajstić information content (AvgIpc) is 3.32. The second kappa shape index (κ2) is 8.33. The fourth-order valence-corrected chi connectivity index (χ4v) is 2.85. The molecule has 1 aliphatic carbocycles. The third-order valence-corrected chi connectivity index (χ3v) is 4.21. The van der Waals surface area contributed by atoms with E-state index >= 15 is 0 Å². The fourth-order valence-electron chi connectivity index (χ4n) is 2.85. The van der Waals surface area contributed by atoms with Gasteiger partial charge in [0.15, 0.2) is 0 Å². The number of para-hydroxylation sites is 1. The molecular formula is C19H25NO4. The van der Waals surface area contributed by atoms with Crippen molar-refractivity contribution in [2.24, 2.45) is 0 Å². The van der Waals surface area contributed by atoms with Crippen LogP contribution >= 0.6 is 0 Å². The first-order valence-corrected chi connectivity index (χ1v) is 8.40. The van der Waals surface area contributed by atoms with E-state index in [9.17, 15) is 5.11 Å². The zero-order chi connectivity index (χ0) is 16.8. The minimum Gasteiger partial charge on any atom is -0.496 e. The summed E-state index contributed by atoms with van der Waals surface area (Å²) in [6.45, 7) is 2.07. The lowest BCUT2D eigenvalue weighted by Gasteiger charge is -2.25. The highest BCUT2D eigenvalue weighted by molar-refractivity contribution is 5.33. The van der Waals surface area contributed by atoms with Gasteiger partial charge >= 0.3 is 0 Å². The highest BCUT2D eigenvalue weighted by atomic mass is 16.5. The Bertz CT molecular complexity index is 610. The minimum absolute atomic E-state index is 0.301. The molecule has 1 aliphatic rings. The molecule has 1 unspecified atom stereocenters. The number of ether oxygens (including phenoxy) is 2. The second-order valence-electron chi connectivity index (χ2n) is 6.22. The number of nitrogens with zero attached hydrogens (tertiary/aromatic N) is 1. The van der Waals surface area contributed by atoms with E-state index in [2.05, 4.69) is 11.0 Å². The number of benzene rings is 1. The highest BCUT2D eigenvalue weighted by Gasteiger charge is 2.30. The lowest BCUT2D eigenvalue weighted by atomic mass is 10.1. The average molecular weight is 331 g/mol. The van der Waals surface area contributed by atoms with Gasteiger partial charge in [-0.25, -0.2) is 0 Å². The normalized spacial score (nSPS) is 15.6. The van der Waals surface area contributed by atoms with Crippen molar-refractivity contribution in [3.05, 3.63) is 54.0 Å². The Morgan fingerprint density at radius 2 is 2.08 bits per heavy atom. The van der Waals surface area contributed by atoms with Crippen LogP contribution in [-0.4, -0.2) is 42.4 Å². The van der Waals surface area contributed by atoms with Crippen molar-refractivity contribution in [1.82, 2.24) is 4.90 Å². The van der Waals surface area contributed by atoms with Crippen LogP contribution in [0.5, 0.6) is 5.75 Å².